The van der Waals surface area contributed by atoms with Gasteiger partial charge in [-0.2, -0.15) is 0 Å². The molecule has 1 aliphatic rings. The molecule has 182 valence electrons. The second-order valence-corrected chi connectivity index (χ2v) is 8.92. The molecule has 0 aromatic heterocycles. The number of amides is 1. The lowest BCUT2D eigenvalue weighted by Crippen LogP contribution is -2.33. The second-order valence-electron chi connectivity index (χ2n) is 8.92. The van der Waals surface area contributed by atoms with Gasteiger partial charge in [0.1, 0.15) is 17.3 Å². The molecular weight excluding hydrogens is 434 g/mol. The minimum Gasteiger partial charge on any atom is -0.507 e. The summed E-state index contributed by atoms with van der Waals surface area (Å²) in [7, 11) is 1.53. The summed E-state index contributed by atoms with van der Waals surface area (Å²) in [6.07, 6.45) is -0.114. The van der Waals surface area contributed by atoms with E-state index in [0.29, 0.717) is 35.2 Å². The number of hydrogen-bond donors (Lipinski definition) is 1. The third kappa shape index (κ3) is 5.59. The van der Waals surface area contributed by atoms with Gasteiger partial charge < -0.3 is 24.2 Å². The molecule has 1 unspecified atom stereocenters. The van der Waals surface area contributed by atoms with Crippen molar-refractivity contribution < 1.29 is 28.9 Å². The molecule has 1 amide bonds. The van der Waals surface area contributed by atoms with Crippen LogP contribution >= 0.6 is 0 Å². The van der Waals surface area contributed by atoms with Gasteiger partial charge >= 0.3 is 0 Å². The summed E-state index contributed by atoms with van der Waals surface area (Å²) >= 11 is 0. The molecule has 0 aliphatic carbocycles. The third-order valence-corrected chi connectivity index (χ3v) is 5.34. The summed E-state index contributed by atoms with van der Waals surface area (Å²) in [5, 5.41) is 11.3. The topological polar surface area (TPSA) is 85.3 Å². The molecule has 1 saturated heterocycles. The maximum absolute atomic E-state index is 13.2. The van der Waals surface area contributed by atoms with Crippen LogP contribution in [0.1, 0.15) is 44.9 Å². The van der Waals surface area contributed by atoms with Gasteiger partial charge in [0.25, 0.3) is 11.7 Å². The number of Topliss-reactive ketones (excluding diaryl/α,β-unsaturated/α-hetero) is 1. The number of aliphatic hydroxyl groups is 1. The molecule has 1 aliphatic heterocycles. The number of nitrogens with zero attached hydrogens (tertiary/aromatic N) is 1. The molecule has 1 heterocycles. The maximum atomic E-state index is 13.2. The molecule has 1 N–H and O–H groups in total. The van der Waals surface area contributed by atoms with Gasteiger partial charge in [0.05, 0.1) is 30.9 Å². The third-order valence-electron chi connectivity index (χ3n) is 5.34. The van der Waals surface area contributed by atoms with Gasteiger partial charge in [-0.15, -0.1) is 0 Å². The van der Waals surface area contributed by atoms with E-state index < -0.39 is 17.7 Å². The number of aliphatic hydroxyl groups excluding tert-OH is 1. The lowest BCUT2D eigenvalue weighted by molar-refractivity contribution is -0.140. The molecule has 2 aromatic carbocycles. The van der Waals surface area contributed by atoms with Crippen molar-refractivity contribution >= 4 is 17.4 Å². The number of rotatable bonds is 10. The van der Waals surface area contributed by atoms with E-state index in [4.69, 9.17) is 14.2 Å². The first-order chi connectivity index (χ1) is 16.2. The number of benzene rings is 2. The Labute approximate surface area is 200 Å². The molecular formula is C27H33NO6. The van der Waals surface area contributed by atoms with Crippen LogP contribution in [0.25, 0.3) is 5.76 Å². The Hall–Kier alpha value is -3.32. The Balaban J connectivity index is 2.14. The van der Waals surface area contributed by atoms with Crippen LogP contribution < -0.4 is 9.47 Å². The lowest BCUT2D eigenvalue weighted by atomic mass is 9.94. The van der Waals surface area contributed by atoms with E-state index in [1.54, 1.807) is 30.3 Å². The number of ether oxygens (including phenoxy) is 3. The standard InChI is InChI=1S/C27H33NO6/c1-17(2)16-33-20-10-8-9-19(15-20)25(29)23-24(28(13-14-32-5)27(31)26(23)30)21-11-6-7-12-22(21)34-18(3)4/h6-12,15,17-18,24,29H,13-14,16H2,1-5H3/b25-23-. The van der Waals surface area contributed by atoms with Crippen molar-refractivity contribution in [3.8, 4) is 11.5 Å². The summed E-state index contributed by atoms with van der Waals surface area (Å²) in [6.45, 7) is 8.85. The number of carbonyl (C=O) groups excluding carboxylic acids is 2. The molecule has 34 heavy (non-hydrogen) atoms. The summed E-state index contributed by atoms with van der Waals surface area (Å²) in [5.74, 6) is -0.224. The minimum atomic E-state index is -0.815. The van der Waals surface area contributed by atoms with E-state index in [1.165, 1.54) is 12.0 Å². The summed E-state index contributed by atoms with van der Waals surface area (Å²) in [5.41, 5.74) is 1.04. The predicted octanol–water partition coefficient (Wildman–Crippen LogP) is 4.58. The number of likely N-dealkylation sites (tertiary alicyclic amines) is 1. The smallest absolute Gasteiger partial charge is 0.295 e. The fourth-order valence-corrected chi connectivity index (χ4v) is 3.84. The fourth-order valence-electron chi connectivity index (χ4n) is 3.84. The molecule has 0 spiro atoms. The van der Waals surface area contributed by atoms with Crippen molar-refractivity contribution in [1.29, 1.82) is 0 Å². The van der Waals surface area contributed by atoms with Crippen LogP contribution in [0.15, 0.2) is 54.1 Å². The number of para-hydroxylation sites is 1. The van der Waals surface area contributed by atoms with E-state index in [1.807, 2.05) is 45.9 Å². The Morgan fingerprint density at radius 2 is 1.79 bits per heavy atom. The first kappa shape index (κ1) is 25.3. The highest BCUT2D eigenvalue weighted by Gasteiger charge is 2.46. The molecule has 7 nitrogen and oxygen atoms in total. The van der Waals surface area contributed by atoms with Crippen molar-refractivity contribution in [2.45, 2.75) is 39.8 Å². The van der Waals surface area contributed by atoms with Crippen LogP contribution in [0.3, 0.4) is 0 Å². The first-order valence-electron chi connectivity index (χ1n) is 11.5. The SMILES string of the molecule is COCCN1C(=O)C(=O)/C(=C(\O)c2cccc(OCC(C)C)c2)C1c1ccccc1OC(C)C. The van der Waals surface area contributed by atoms with E-state index in [9.17, 15) is 14.7 Å². The Bertz CT molecular complexity index is 1060. The van der Waals surface area contributed by atoms with E-state index >= 15 is 0 Å². The van der Waals surface area contributed by atoms with Gasteiger partial charge in [0.2, 0.25) is 0 Å². The average Bonchev–Trinajstić information content (AvgIpc) is 3.05. The summed E-state index contributed by atoms with van der Waals surface area (Å²) in [6, 6.07) is 13.3. The average molecular weight is 468 g/mol. The zero-order valence-electron chi connectivity index (χ0n) is 20.4. The monoisotopic (exact) mass is 467 g/mol. The minimum absolute atomic E-state index is 0.0157. The Morgan fingerprint density at radius 3 is 2.47 bits per heavy atom. The fraction of sp³-hybridized carbons (Fsp3) is 0.407. The normalized spacial score (nSPS) is 17.6. The molecule has 7 heteroatoms. The molecule has 1 fully saturated rings. The van der Waals surface area contributed by atoms with Crippen molar-refractivity contribution in [2.75, 3.05) is 26.9 Å². The van der Waals surface area contributed by atoms with Crippen molar-refractivity contribution in [1.82, 2.24) is 4.90 Å². The van der Waals surface area contributed by atoms with E-state index in [2.05, 4.69) is 0 Å². The molecule has 0 radical (unpaired) electrons. The highest BCUT2D eigenvalue weighted by atomic mass is 16.5. The zero-order chi connectivity index (χ0) is 24.8. The Morgan fingerprint density at radius 1 is 1.06 bits per heavy atom. The molecule has 2 aromatic rings. The summed E-state index contributed by atoms with van der Waals surface area (Å²) < 4.78 is 16.9. The van der Waals surface area contributed by atoms with Gasteiger partial charge in [0.15, 0.2) is 0 Å². The van der Waals surface area contributed by atoms with E-state index in [0.717, 1.165) is 0 Å². The van der Waals surface area contributed by atoms with Crippen LogP contribution in [0, 0.1) is 5.92 Å². The molecule has 1 atom stereocenters. The van der Waals surface area contributed by atoms with Crippen LogP contribution in [0.4, 0.5) is 0 Å². The van der Waals surface area contributed by atoms with Crippen LogP contribution in [0.2, 0.25) is 0 Å². The van der Waals surface area contributed by atoms with Crippen LogP contribution in [-0.2, 0) is 14.3 Å². The molecule has 0 saturated carbocycles. The number of carbonyl (C=O) groups is 2. The van der Waals surface area contributed by atoms with Gasteiger partial charge in [-0.25, -0.2) is 0 Å². The quantitative estimate of drug-likeness (QED) is 0.313. The first-order valence-corrected chi connectivity index (χ1v) is 11.5. The molecule has 3 rings (SSSR count). The van der Waals surface area contributed by atoms with Gasteiger partial charge in [-0.05, 0) is 38.0 Å². The number of methoxy groups -OCH3 is 1. The van der Waals surface area contributed by atoms with Gasteiger partial charge in [0, 0.05) is 24.8 Å². The van der Waals surface area contributed by atoms with Crippen LogP contribution in [-0.4, -0.2) is 54.7 Å². The van der Waals surface area contributed by atoms with Crippen LogP contribution in [0.5, 0.6) is 11.5 Å². The Kier molecular flexibility index (Phi) is 8.34. The van der Waals surface area contributed by atoms with Crippen molar-refractivity contribution in [2.24, 2.45) is 5.92 Å². The summed E-state index contributed by atoms with van der Waals surface area (Å²) in [4.78, 5) is 27.6. The number of hydrogen-bond acceptors (Lipinski definition) is 6. The van der Waals surface area contributed by atoms with Gasteiger partial charge in [-0.3, -0.25) is 9.59 Å². The van der Waals surface area contributed by atoms with Crippen molar-refractivity contribution in [3.05, 3.63) is 65.2 Å². The zero-order valence-corrected chi connectivity index (χ0v) is 20.4. The van der Waals surface area contributed by atoms with E-state index in [-0.39, 0.29) is 30.6 Å². The highest BCUT2D eigenvalue weighted by molar-refractivity contribution is 6.46. The van der Waals surface area contributed by atoms with Gasteiger partial charge in [-0.1, -0.05) is 44.2 Å². The largest absolute Gasteiger partial charge is 0.507 e. The lowest BCUT2D eigenvalue weighted by Gasteiger charge is -2.27. The number of ketones is 1. The predicted molar refractivity (Wildman–Crippen MR) is 130 cm³/mol. The second kappa shape index (κ2) is 11.2. The highest BCUT2D eigenvalue weighted by Crippen LogP contribution is 2.43. The van der Waals surface area contributed by atoms with Crippen molar-refractivity contribution in [3.63, 3.8) is 0 Å². The molecule has 0 bridgehead atoms. The maximum Gasteiger partial charge on any atom is 0.295 e.